The quantitative estimate of drug-likeness (QED) is 0.263. The van der Waals surface area contributed by atoms with E-state index in [1.807, 2.05) is 6.07 Å². The molecule has 4 rings (SSSR count). The number of aliphatic carboxylic acids is 2. The molecule has 0 spiro atoms. The first-order chi connectivity index (χ1) is 17.5. The van der Waals surface area contributed by atoms with Crippen molar-refractivity contribution in [1.82, 2.24) is 0 Å². The van der Waals surface area contributed by atoms with Gasteiger partial charge in [0.1, 0.15) is 5.60 Å². The zero-order chi connectivity index (χ0) is 25.6. The van der Waals surface area contributed by atoms with Gasteiger partial charge in [0.05, 0.1) is 12.6 Å². The van der Waals surface area contributed by atoms with Crippen LogP contribution in [0, 0.1) is 0 Å². The Balaban J connectivity index is 0.000000233. The molecule has 1 atom stereocenters. The van der Waals surface area contributed by atoms with Crippen LogP contribution in [0.4, 0.5) is 0 Å². The molecule has 1 unspecified atom stereocenters. The maximum atomic E-state index is 11.7. The van der Waals surface area contributed by atoms with Gasteiger partial charge < -0.3 is 24.5 Å². The van der Waals surface area contributed by atoms with Gasteiger partial charge in [-0.1, -0.05) is 60.7 Å². The monoisotopic (exact) mass is 586 g/mol. The molecule has 0 aliphatic carbocycles. The van der Waals surface area contributed by atoms with Gasteiger partial charge >= 0.3 is 89.0 Å². The van der Waals surface area contributed by atoms with Crippen molar-refractivity contribution in [2.75, 3.05) is 0 Å². The average Bonchev–Trinajstić information content (AvgIpc) is 2.90. The zero-order valence-electron chi connectivity index (χ0n) is 19.7. The fourth-order valence-corrected chi connectivity index (χ4v) is 6.53. The summed E-state index contributed by atoms with van der Waals surface area (Å²) < 4.78 is 8.59. The minimum atomic E-state index is -1.98. The van der Waals surface area contributed by atoms with E-state index in [1.54, 1.807) is 54.6 Å². The second kappa shape index (κ2) is 14.2. The molecule has 0 saturated heterocycles. The summed E-state index contributed by atoms with van der Waals surface area (Å²) in [7, 11) is 0. The van der Waals surface area contributed by atoms with Crippen LogP contribution in [0.25, 0.3) is 0 Å². The fourth-order valence-electron chi connectivity index (χ4n) is 3.53. The first kappa shape index (κ1) is 27.2. The van der Waals surface area contributed by atoms with E-state index in [4.69, 9.17) is 4.74 Å². The zero-order valence-corrected chi connectivity index (χ0v) is 22.6. The molecule has 0 fully saturated rings. The van der Waals surface area contributed by atoms with Crippen molar-refractivity contribution in [1.29, 1.82) is 0 Å². The number of benzene rings is 4. The van der Waals surface area contributed by atoms with E-state index in [9.17, 15) is 19.8 Å². The Hall–Kier alpha value is -3.42. The molecule has 5 nitrogen and oxygen atoms in total. The third-order valence-electron chi connectivity index (χ3n) is 5.33. The Bertz CT molecular complexity index is 1160. The van der Waals surface area contributed by atoms with Crippen LogP contribution < -0.4 is 17.4 Å². The number of hydrogen-bond donors (Lipinski definition) is 0. The summed E-state index contributed by atoms with van der Waals surface area (Å²) in [6.45, 7) is -0.0328. The molecule has 0 radical (unpaired) electrons. The fraction of sp³-hybridized carbons (Fsp3) is 0.133. The van der Waals surface area contributed by atoms with Crippen molar-refractivity contribution in [3.05, 3.63) is 132 Å². The van der Waals surface area contributed by atoms with Gasteiger partial charge in [0.25, 0.3) is 0 Å². The molecule has 4 aromatic rings. The molecule has 6 heteroatoms. The molecule has 0 bridgehead atoms. The van der Waals surface area contributed by atoms with Crippen molar-refractivity contribution in [2.45, 2.75) is 25.0 Å². The minimum absolute atomic E-state index is 0.0328. The van der Waals surface area contributed by atoms with Crippen molar-refractivity contribution < 1.29 is 24.5 Å². The van der Waals surface area contributed by atoms with Gasteiger partial charge in [0, 0.05) is 18.8 Å². The van der Waals surface area contributed by atoms with Crippen molar-refractivity contribution >= 4 is 40.2 Å². The predicted octanol–water partition coefficient (Wildman–Crippen LogP) is 1.42. The van der Waals surface area contributed by atoms with Crippen LogP contribution in [0.2, 0.25) is 0 Å². The van der Waals surface area contributed by atoms with Crippen LogP contribution in [0.15, 0.2) is 121 Å². The Kier molecular flexibility index (Phi) is 10.7. The van der Waals surface area contributed by atoms with Gasteiger partial charge in [-0.3, -0.25) is 0 Å². The maximum absolute atomic E-state index is 11.7. The number of rotatable bonds is 10. The van der Waals surface area contributed by atoms with E-state index >= 15 is 0 Å². The van der Waals surface area contributed by atoms with Gasteiger partial charge in [-0.05, 0) is 11.1 Å². The van der Waals surface area contributed by atoms with Crippen LogP contribution in [0.3, 0.4) is 0 Å². The van der Waals surface area contributed by atoms with E-state index < -0.39 is 45.1 Å². The van der Waals surface area contributed by atoms with Crippen LogP contribution >= 0.6 is 0 Å². The Morgan fingerprint density at radius 2 is 1.06 bits per heavy atom. The van der Waals surface area contributed by atoms with Crippen LogP contribution in [-0.2, 0) is 27.4 Å². The molecule has 0 aliphatic rings. The van der Waals surface area contributed by atoms with Crippen molar-refractivity contribution in [3.63, 3.8) is 0 Å². The number of carbonyl (C=O) groups is 2. The first-order valence-electron chi connectivity index (χ1n) is 11.5. The molecule has 4 aromatic carbocycles. The van der Waals surface area contributed by atoms with Gasteiger partial charge in [-0.15, -0.1) is 0 Å². The summed E-state index contributed by atoms with van der Waals surface area (Å²) in [5.41, 5.74) is -0.591. The molecule has 36 heavy (non-hydrogen) atoms. The SMILES string of the molecule is O=C([O-])CC(Cc1ccccc1)(OCc1ccccc1)C(=O)[O-].c1cc[c]([Sn+2][c]2ccccc2)cc1. The van der Waals surface area contributed by atoms with Crippen LogP contribution in [0.5, 0.6) is 0 Å². The summed E-state index contributed by atoms with van der Waals surface area (Å²) in [5, 5.41) is 22.7. The topological polar surface area (TPSA) is 89.5 Å². The van der Waals surface area contributed by atoms with E-state index in [0.29, 0.717) is 5.56 Å². The second-order valence-electron chi connectivity index (χ2n) is 8.12. The predicted molar refractivity (Wildman–Crippen MR) is 137 cm³/mol. The molecule has 0 aliphatic heterocycles. The third kappa shape index (κ3) is 8.98. The second-order valence-corrected chi connectivity index (χ2v) is 12.1. The van der Waals surface area contributed by atoms with Crippen molar-refractivity contribution in [2.24, 2.45) is 0 Å². The van der Waals surface area contributed by atoms with E-state index in [0.717, 1.165) is 5.56 Å². The molecule has 0 heterocycles. The summed E-state index contributed by atoms with van der Waals surface area (Å²) in [4.78, 5) is 22.7. The van der Waals surface area contributed by atoms with E-state index in [2.05, 4.69) is 60.7 Å². The van der Waals surface area contributed by atoms with Gasteiger partial charge in [-0.25, -0.2) is 0 Å². The summed E-state index contributed by atoms with van der Waals surface area (Å²) in [6.07, 6.45) is -0.895. The Morgan fingerprint density at radius 3 is 1.47 bits per heavy atom. The number of carboxylic acids is 2. The van der Waals surface area contributed by atoms with E-state index in [1.165, 1.54) is 7.16 Å². The standard InChI is InChI=1S/C18H18O5.2C6H5.Sn/c19-16(20)12-18(17(21)22,11-14-7-3-1-4-8-14)23-13-15-9-5-2-6-10-15;2*1-2-4-6-5-3-1;/h1-10H,11-13H2,(H,19,20)(H,21,22);2*1-5H;/q;;;+2/p-2. The van der Waals surface area contributed by atoms with E-state index in [-0.39, 0.29) is 13.0 Å². The molecule has 0 saturated carbocycles. The number of carboxylic acid groups (broad SMARTS) is 2. The summed E-state index contributed by atoms with van der Waals surface area (Å²) in [5.74, 6) is -3.07. The Labute approximate surface area is 221 Å². The molecule has 180 valence electrons. The molecular formula is C30H26O5Sn. The number of carbonyl (C=O) groups excluding carboxylic acids is 2. The first-order valence-corrected chi connectivity index (χ1v) is 14.3. The van der Waals surface area contributed by atoms with Gasteiger partial charge in [-0.2, -0.15) is 0 Å². The average molecular weight is 585 g/mol. The van der Waals surface area contributed by atoms with Gasteiger partial charge in [0.2, 0.25) is 0 Å². The normalized spacial score (nSPS) is 11.8. The third-order valence-corrected chi connectivity index (χ3v) is 8.88. The summed E-state index contributed by atoms with van der Waals surface area (Å²) in [6, 6.07) is 39.2. The molecular weight excluding hydrogens is 559 g/mol. The Morgan fingerprint density at radius 1 is 0.639 bits per heavy atom. The van der Waals surface area contributed by atoms with Crippen LogP contribution in [-0.4, -0.2) is 38.7 Å². The number of hydrogen-bond acceptors (Lipinski definition) is 5. The molecule has 0 aromatic heterocycles. The van der Waals surface area contributed by atoms with Crippen LogP contribution in [0.1, 0.15) is 17.5 Å². The number of ether oxygens (including phenoxy) is 1. The molecule has 0 N–H and O–H groups in total. The summed E-state index contributed by atoms with van der Waals surface area (Å²) >= 11 is -0.517. The molecule has 0 amide bonds. The van der Waals surface area contributed by atoms with Crippen molar-refractivity contribution in [3.8, 4) is 0 Å². The van der Waals surface area contributed by atoms with Gasteiger partial charge in [0.15, 0.2) is 0 Å².